The van der Waals surface area contributed by atoms with Crippen LogP contribution in [0.4, 0.5) is 0 Å². The molecule has 1 rings (SSSR count). The molecular weight excluding hydrogens is 202 g/mol. The van der Waals surface area contributed by atoms with E-state index in [1.165, 1.54) is 11.3 Å². The van der Waals surface area contributed by atoms with E-state index in [9.17, 15) is 0 Å². The van der Waals surface area contributed by atoms with Gasteiger partial charge in [0.2, 0.25) is 0 Å². The van der Waals surface area contributed by atoms with Crippen LogP contribution in [0, 0.1) is 13.8 Å². The van der Waals surface area contributed by atoms with Gasteiger partial charge in [0.05, 0.1) is 11.8 Å². The summed E-state index contributed by atoms with van der Waals surface area (Å²) in [6, 6.07) is 0.337. The van der Waals surface area contributed by atoms with Crippen LogP contribution in [0.5, 0.6) is 0 Å². The molecule has 0 saturated carbocycles. The maximum absolute atomic E-state index is 5.28. The number of aromatic nitrogens is 2. The van der Waals surface area contributed by atoms with Crippen molar-refractivity contribution in [1.82, 2.24) is 15.1 Å². The van der Waals surface area contributed by atoms with Gasteiger partial charge in [-0.15, -0.1) is 0 Å². The number of hydrogen-bond acceptors (Lipinski definition) is 3. The number of nitrogens with one attached hydrogen (secondary N) is 1. The highest BCUT2D eigenvalue weighted by atomic mass is 16.5. The molecule has 0 bridgehead atoms. The second-order valence-corrected chi connectivity index (χ2v) is 4.38. The molecule has 4 heteroatoms. The Morgan fingerprint density at radius 2 is 2.00 bits per heavy atom. The maximum atomic E-state index is 5.28. The van der Waals surface area contributed by atoms with Gasteiger partial charge in [-0.25, -0.2) is 0 Å². The zero-order valence-electron chi connectivity index (χ0n) is 11.2. The SMILES string of the molecule is COC(C)C(C)NCc1c(C)nn(C)c1C. The molecule has 1 aromatic rings. The van der Waals surface area contributed by atoms with E-state index < -0.39 is 0 Å². The predicted molar refractivity (Wildman–Crippen MR) is 65.5 cm³/mol. The van der Waals surface area contributed by atoms with Crippen LogP contribution in [0.1, 0.15) is 30.8 Å². The minimum Gasteiger partial charge on any atom is -0.380 e. The van der Waals surface area contributed by atoms with Gasteiger partial charge in [0.25, 0.3) is 0 Å². The molecule has 1 heterocycles. The van der Waals surface area contributed by atoms with E-state index in [1.54, 1.807) is 7.11 Å². The zero-order chi connectivity index (χ0) is 12.3. The van der Waals surface area contributed by atoms with Crippen molar-refractivity contribution in [2.45, 2.75) is 46.4 Å². The molecular formula is C12H23N3O. The van der Waals surface area contributed by atoms with Crippen LogP contribution in [0.2, 0.25) is 0 Å². The first kappa shape index (κ1) is 13.2. The Labute approximate surface area is 98.0 Å². The lowest BCUT2D eigenvalue weighted by molar-refractivity contribution is 0.0882. The summed E-state index contributed by atoms with van der Waals surface area (Å²) in [6.45, 7) is 9.20. The third kappa shape index (κ3) is 2.83. The Balaban J connectivity index is 2.61. The predicted octanol–water partition coefficient (Wildman–Crippen LogP) is 1.55. The molecule has 0 spiro atoms. The first-order chi connectivity index (χ1) is 7.47. The summed E-state index contributed by atoms with van der Waals surface area (Å²) in [5.74, 6) is 0. The maximum Gasteiger partial charge on any atom is 0.0693 e. The van der Waals surface area contributed by atoms with Crippen LogP contribution in [0.3, 0.4) is 0 Å². The van der Waals surface area contributed by atoms with Crippen molar-refractivity contribution < 1.29 is 4.74 Å². The molecule has 1 aromatic heterocycles. The van der Waals surface area contributed by atoms with Gasteiger partial charge in [-0.05, 0) is 27.7 Å². The van der Waals surface area contributed by atoms with E-state index in [0.717, 1.165) is 12.2 Å². The lowest BCUT2D eigenvalue weighted by Crippen LogP contribution is -2.36. The third-order valence-electron chi connectivity index (χ3n) is 3.34. The summed E-state index contributed by atoms with van der Waals surface area (Å²) in [5.41, 5.74) is 3.62. The van der Waals surface area contributed by atoms with E-state index in [1.807, 2.05) is 11.7 Å². The standard InChI is InChI=1S/C12H23N3O/c1-8(11(4)16-6)13-7-12-9(2)14-15(5)10(12)3/h8,11,13H,7H2,1-6H3. The number of ether oxygens (including phenoxy) is 1. The van der Waals surface area contributed by atoms with Crippen molar-refractivity contribution >= 4 is 0 Å². The zero-order valence-corrected chi connectivity index (χ0v) is 11.2. The minimum absolute atomic E-state index is 0.220. The Morgan fingerprint density at radius 3 is 2.44 bits per heavy atom. The largest absolute Gasteiger partial charge is 0.380 e. The number of hydrogen-bond donors (Lipinski definition) is 1. The number of methoxy groups -OCH3 is 1. The number of aryl methyl sites for hydroxylation is 2. The number of nitrogens with zero attached hydrogens (tertiary/aromatic N) is 2. The first-order valence-corrected chi connectivity index (χ1v) is 5.72. The molecule has 0 amide bonds. The van der Waals surface area contributed by atoms with Crippen molar-refractivity contribution in [3.63, 3.8) is 0 Å². The first-order valence-electron chi connectivity index (χ1n) is 5.72. The fourth-order valence-electron chi connectivity index (χ4n) is 1.71. The molecule has 1 N–H and O–H groups in total. The van der Waals surface area contributed by atoms with Crippen molar-refractivity contribution in [3.05, 3.63) is 17.0 Å². The lowest BCUT2D eigenvalue weighted by atomic mass is 10.1. The van der Waals surface area contributed by atoms with Gasteiger partial charge in [-0.2, -0.15) is 5.10 Å². The minimum atomic E-state index is 0.220. The summed E-state index contributed by atoms with van der Waals surface area (Å²) < 4.78 is 7.21. The van der Waals surface area contributed by atoms with E-state index in [4.69, 9.17) is 4.74 Å². The summed E-state index contributed by atoms with van der Waals surface area (Å²) in [5, 5.41) is 7.87. The summed E-state index contributed by atoms with van der Waals surface area (Å²) in [6.07, 6.45) is 0.220. The van der Waals surface area contributed by atoms with Crippen molar-refractivity contribution in [2.24, 2.45) is 7.05 Å². The van der Waals surface area contributed by atoms with E-state index in [2.05, 4.69) is 38.1 Å². The van der Waals surface area contributed by atoms with Gasteiger partial charge in [0.1, 0.15) is 0 Å². The number of rotatable bonds is 5. The van der Waals surface area contributed by atoms with Crippen molar-refractivity contribution in [1.29, 1.82) is 0 Å². The van der Waals surface area contributed by atoms with Crippen LogP contribution < -0.4 is 5.32 Å². The molecule has 92 valence electrons. The Kier molecular flexibility index (Phi) is 4.50. The molecule has 2 atom stereocenters. The fourth-order valence-corrected chi connectivity index (χ4v) is 1.71. The summed E-state index contributed by atoms with van der Waals surface area (Å²) in [7, 11) is 3.72. The Bertz CT molecular complexity index is 346. The van der Waals surface area contributed by atoms with E-state index >= 15 is 0 Å². The second kappa shape index (κ2) is 5.46. The molecule has 0 aromatic carbocycles. The van der Waals surface area contributed by atoms with E-state index in [0.29, 0.717) is 6.04 Å². The summed E-state index contributed by atoms with van der Waals surface area (Å²) >= 11 is 0. The Hall–Kier alpha value is -0.870. The van der Waals surface area contributed by atoms with Gasteiger partial charge in [-0.1, -0.05) is 0 Å². The van der Waals surface area contributed by atoms with Crippen LogP contribution in [-0.2, 0) is 18.3 Å². The van der Waals surface area contributed by atoms with Crippen LogP contribution >= 0.6 is 0 Å². The van der Waals surface area contributed by atoms with Crippen LogP contribution in [0.15, 0.2) is 0 Å². The topological polar surface area (TPSA) is 39.1 Å². The van der Waals surface area contributed by atoms with Gasteiger partial charge in [0, 0.05) is 38.0 Å². The monoisotopic (exact) mass is 225 g/mol. The van der Waals surface area contributed by atoms with Crippen LogP contribution in [0.25, 0.3) is 0 Å². The molecule has 0 fully saturated rings. The Morgan fingerprint density at radius 1 is 1.38 bits per heavy atom. The van der Waals surface area contributed by atoms with Gasteiger partial charge in [0.15, 0.2) is 0 Å². The molecule has 4 nitrogen and oxygen atoms in total. The molecule has 0 aliphatic heterocycles. The van der Waals surface area contributed by atoms with Gasteiger partial charge in [-0.3, -0.25) is 4.68 Å². The summed E-state index contributed by atoms with van der Waals surface area (Å²) in [4.78, 5) is 0. The second-order valence-electron chi connectivity index (χ2n) is 4.38. The normalized spacial score (nSPS) is 15.1. The average molecular weight is 225 g/mol. The van der Waals surface area contributed by atoms with Crippen LogP contribution in [-0.4, -0.2) is 29.0 Å². The van der Waals surface area contributed by atoms with Crippen molar-refractivity contribution in [3.8, 4) is 0 Å². The molecule has 0 radical (unpaired) electrons. The molecule has 16 heavy (non-hydrogen) atoms. The quantitative estimate of drug-likeness (QED) is 0.826. The molecule has 0 aliphatic carbocycles. The highest BCUT2D eigenvalue weighted by Crippen LogP contribution is 2.11. The average Bonchev–Trinajstić information content (AvgIpc) is 2.49. The van der Waals surface area contributed by atoms with Gasteiger partial charge < -0.3 is 10.1 Å². The van der Waals surface area contributed by atoms with Crippen molar-refractivity contribution in [2.75, 3.05) is 7.11 Å². The smallest absolute Gasteiger partial charge is 0.0693 e. The highest BCUT2D eigenvalue weighted by Gasteiger charge is 2.13. The van der Waals surface area contributed by atoms with Gasteiger partial charge >= 0.3 is 0 Å². The highest BCUT2D eigenvalue weighted by molar-refractivity contribution is 5.24. The molecule has 2 unspecified atom stereocenters. The molecule has 0 saturated heterocycles. The lowest BCUT2D eigenvalue weighted by Gasteiger charge is -2.20. The molecule has 0 aliphatic rings. The third-order valence-corrected chi connectivity index (χ3v) is 3.34. The van der Waals surface area contributed by atoms with E-state index in [-0.39, 0.29) is 6.10 Å². The fraction of sp³-hybridized carbons (Fsp3) is 0.750.